The second kappa shape index (κ2) is 5.91. The Morgan fingerprint density at radius 2 is 2.38 bits per heavy atom. The SMILES string of the molecule is C=CC(=N)c1cc([N+](=O)[O-])ccc1NPI. The summed E-state index contributed by atoms with van der Waals surface area (Å²) >= 11 is 2.15. The number of hydrogen-bond acceptors (Lipinski definition) is 4. The first-order valence-electron chi connectivity index (χ1n) is 4.21. The van der Waals surface area contributed by atoms with Gasteiger partial charge in [0.1, 0.15) is 0 Å². The third-order valence-electron chi connectivity index (χ3n) is 1.89. The maximum absolute atomic E-state index is 10.6. The van der Waals surface area contributed by atoms with Gasteiger partial charge in [0, 0.05) is 29.8 Å². The second-order valence-corrected chi connectivity index (χ2v) is 4.88. The molecular formula is C9H9IN3O2P. The van der Waals surface area contributed by atoms with Crippen molar-refractivity contribution < 1.29 is 4.92 Å². The third kappa shape index (κ3) is 2.99. The van der Waals surface area contributed by atoms with E-state index in [9.17, 15) is 10.1 Å². The Balaban J connectivity index is 3.25. The minimum absolute atomic E-state index is 0.0241. The summed E-state index contributed by atoms with van der Waals surface area (Å²) in [5, 5.41) is 21.3. The maximum atomic E-state index is 10.6. The summed E-state index contributed by atoms with van der Waals surface area (Å²) in [7, 11) is 0. The van der Waals surface area contributed by atoms with Crippen molar-refractivity contribution in [3.63, 3.8) is 0 Å². The molecular weight excluding hydrogens is 340 g/mol. The Morgan fingerprint density at radius 1 is 1.69 bits per heavy atom. The highest BCUT2D eigenvalue weighted by Crippen LogP contribution is 2.29. The van der Waals surface area contributed by atoms with Crippen LogP contribution in [0.4, 0.5) is 11.4 Å². The van der Waals surface area contributed by atoms with Gasteiger partial charge in [-0.3, -0.25) is 10.1 Å². The van der Waals surface area contributed by atoms with Crippen LogP contribution in [0, 0.1) is 15.5 Å². The Bertz CT molecular complexity index is 450. The number of hydrogen-bond donors (Lipinski definition) is 2. The molecule has 0 heterocycles. The molecule has 1 aromatic rings. The van der Waals surface area contributed by atoms with Crippen LogP contribution in [0.2, 0.25) is 0 Å². The average molecular weight is 349 g/mol. The van der Waals surface area contributed by atoms with Crippen molar-refractivity contribution in [1.29, 1.82) is 5.41 Å². The zero-order valence-corrected chi connectivity index (χ0v) is 11.3. The molecule has 0 aromatic heterocycles. The van der Waals surface area contributed by atoms with Crippen molar-refractivity contribution in [3.05, 3.63) is 46.5 Å². The summed E-state index contributed by atoms with van der Waals surface area (Å²) in [5.41, 5.74) is 1.35. The van der Waals surface area contributed by atoms with Crippen LogP contribution >= 0.6 is 28.4 Å². The van der Waals surface area contributed by atoms with Crippen molar-refractivity contribution in [1.82, 2.24) is 0 Å². The predicted octanol–water partition coefficient (Wildman–Crippen LogP) is 3.50. The molecule has 1 rings (SSSR count). The van der Waals surface area contributed by atoms with Crippen molar-refractivity contribution >= 4 is 45.5 Å². The summed E-state index contributed by atoms with van der Waals surface area (Å²) in [6, 6.07) is 4.40. The van der Waals surface area contributed by atoms with Gasteiger partial charge in [0.2, 0.25) is 0 Å². The first kappa shape index (κ1) is 13.1. The molecule has 5 nitrogen and oxygen atoms in total. The lowest BCUT2D eigenvalue weighted by atomic mass is 10.1. The molecule has 1 atom stereocenters. The minimum Gasteiger partial charge on any atom is -0.358 e. The molecule has 0 saturated carbocycles. The molecule has 0 aliphatic heterocycles. The van der Waals surface area contributed by atoms with Gasteiger partial charge in [-0.05, 0) is 34.2 Å². The minimum atomic E-state index is -0.476. The fraction of sp³-hybridized carbons (Fsp3) is 0. The lowest BCUT2D eigenvalue weighted by molar-refractivity contribution is -0.384. The molecule has 1 aromatic carbocycles. The molecule has 0 aliphatic carbocycles. The van der Waals surface area contributed by atoms with Crippen LogP contribution in [0.1, 0.15) is 5.56 Å². The van der Waals surface area contributed by atoms with E-state index in [4.69, 9.17) is 5.41 Å². The van der Waals surface area contributed by atoms with Gasteiger partial charge in [-0.2, -0.15) is 0 Å². The Hall–Kier alpha value is -1.01. The molecule has 0 radical (unpaired) electrons. The second-order valence-electron chi connectivity index (χ2n) is 2.82. The summed E-state index contributed by atoms with van der Waals surface area (Å²) < 4.78 is 0. The van der Waals surface area contributed by atoms with Gasteiger partial charge in [-0.25, -0.2) is 0 Å². The van der Waals surface area contributed by atoms with Crippen LogP contribution < -0.4 is 5.09 Å². The molecule has 0 aliphatic rings. The van der Waals surface area contributed by atoms with Gasteiger partial charge < -0.3 is 10.5 Å². The molecule has 2 N–H and O–H groups in total. The monoisotopic (exact) mass is 349 g/mol. The van der Waals surface area contributed by atoms with Gasteiger partial charge in [0.15, 0.2) is 0 Å². The van der Waals surface area contributed by atoms with Crippen LogP contribution in [0.15, 0.2) is 30.9 Å². The van der Waals surface area contributed by atoms with Gasteiger partial charge in [0.25, 0.3) is 5.69 Å². The summed E-state index contributed by atoms with van der Waals surface area (Å²) in [6.07, 6.45) is 1.80. The zero-order valence-electron chi connectivity index (χ0n) is 8.16. The standard InChI is InChI=1S/C9H9IN3O2P/c1-2-8(11)7-5-6(13(14)15)3-4-9(7)12-16-10/h2-5,11-12,16H,1H2. The number of halogens is 1. The summed E-state index contributed by atoms with van der Waals surface area (Å²) in [6.45, 7) is 3.49. The van der Waals surface area contributed by atoms with E-state index in [1.54, 1.807) is 6.07 Å². The van der Waals surface area contributed by atoms with Crippen molar-refractivity contribution in [2.24, 2.45) is 0 Å². The van der Waals surface area contributed by atoms with Crippen molar-refractivity contribution in [2.45, 2.75) is 0 Å². The van der Waals surface area contributed by atoms with Crippen LogP contribution in [0.5, 0.6) is 0 Å². The van der Waals surface area contributed by atoms with Crippen LogP contribution in [0.25, 0.3) is 0 Å². The van der Waals surface area contributed by atoms with E-state index >= 15 is 0 Å². The van der Waals surface area contributed by atoms with Gasteiger partial charge in [-0.15, -0.1) is 0 Å². The molecule has 7 heteroatoms. The summed E-state index contributed by atoms with van der Waals surface area (Å²) in [4.78, 5) is 10.1. The van der Waals surface area contributed by atoms with E-state index in [0.717, 1.165) is 0 Å². The van der Waals surface area contributed by atoms with Crippen molar-refractivity contribution in [3.8, 4) is 0 Å². The molecule has 1 unspecified atom stereocenters. The number of non-ortho nitro benzene ring substituents is 1. The van der Waals surface area contributed by atoms with Crippen LogP contribution in [-0.2, 0) is 0 Å². The lowest BCUT2D eigenvalue weighted by Gasteiger charge is -2.08. The Kier molecular flexibility index (Phi) is 4.82. The number of anilines is 1. The van der Waals surface area contributed by atoms with E-state index < -0.39 is 4.92 Å². The lowest BCUT2D eigenvalue weighted by Crippen LogP contribution is -2.00. The summed E-state index contributed by atoms with van der Waals surface area (Å²) in [5.74, 6) is 0. The molecule has 0 bridgehead atoms. The van der Waals surface area contributed by atoms with E-state index in [0.29, 0.717) is 17.6 Å². The first-order chi connectivity index (χ1) is 7.60. The predicted molar refractivity (Wildman–Crippen MR) is 76.1 cm³/mol. The number of nitrogens with zero attached hydrogens (tertiary/aromatic N) is 1. The van der Waals surface area contributed by atoms with Gasteiger partial charge in [0.05, 0.1) is 10.6 Å². The average Bonchev–Trinajstić information content (AvgIpc) is 2.28. The topological polar surface area (TPSA) is 79.0 Å². The van der Waals surface area contributed by atoms with Gasteiger partial charge >= 0.3 is 0 Å². The Morgan fingerprint density at radius 3 is 2.88 bits per heavy atom. The largest absolute Gasteiger partial charge is 0.358 e. The molecule has 0 amide bonds. The maximum Gasteiger partial charge on any atom is 0.270 e. The highest BCUT2D eigenvalue weighted by Gasteiger charge is 2.12. The van der Waals surface area contributed by atoms with Crippen molar-refractivity contribution in [2.75, 3.05) is 5.09 Å². The number of nitro groups is 1. The van der Waals surface area contributed by atoms with E-state index in [1.165, 1.54) is 18.2 Å². The van der Waals surface area contributed by atoms with Gasteiger partial charge in [-0.1, -0.05) is 6.58 Å². The Labute approximate surface area is 107 Å². The molecule has 0 spiro atoms. The number of nitro benzene ring substituents is 1. The van der Waals surface area contributed by atoms with E-state index in [-0.39, 0.29) is 11.4 Å². The normalized spacial score (nSPS) is 10.3. The number of allylic oxidation sites excluding steroid dienone is 1. The number of rotatable bonds is 5. The molecule has 0 fully saturated rings. The fourth-order valence-electron chi connectivity index (χ4n) is 1.14. The number of nitrogens with one attached hydrogen (secondary N) is 2. The quantitative estimate of drug-likeness (QED) is 0.281. The fourth-order valence-corrected chi connectivity index (χ4v) is 2.33. The van der Waals surface area contributed by atoms with E-state index in [1.807, 2.05) is 0 Å². The first-order valence-corrected chi connectivity index (χ1v) is 8.33. The van der Waals surface area contributed by atoms with E-state index in [2.05, 4.69) is 33.7 Å². The smallest absolute Gasteiger partial charge is 0.270 e. The van der Waals surface area contributed by atoms with Crippen LogP contribution in [-0.4, -0.2) is 10.6 Å². The molecule has 0 saturated heterocycles. The highest BCUT2D eigenvalue weighted by atomic mass is 127. The number of benzene rings is 1. The molecule has 16 heavy (non-hydrogen) atoms. The third-order valence-corrected chi connectivity index (χ3v) is 3.06. The van der Waals surface area contributed by atoms with Crippen LogP contribution in [0.3, 0.4) is 0 Å². The molecule has 84 valence electrons. The zero-order chi connectivity index (χ0) is 12.1. The highest BCUT2D eigenvalue weighted by molar-refractivity contribution is 14.2.